The van der Waals surface area contributed by atoms with Gasteiger partial charge in [0, 0.05) is 17.7 Å². The van der Waals surface area contributed by atoms with Crippen molar-refractivity contribution in [3.05, 3.63) is 54.1 Å². The number of sulfonamides is 1. The van der Waals surface area contributed by atoms with Gasteiger partial charge in [-0.05, 0) is 61.7 Å². The number of methoxy groups -OCH3 is 1. The molecule has 2 aromatic rings. The molecule has 0 aromatic heterocycles. The fourth-order valence-corrected chi connectivity index (χ4v) is 4.43. The van der Waals surface area contributed by atoms with Crippen LogP contribution in [0.25, 0.3) is 0 Å². The van der Waals surface area contributed by atoms with E-state index in [1.54, 1.807) is 19.2 Å². The molecule has 1 unspecified atom stereocenters. The smallest absolute Gasteiger partial charge is 0.279 e. The molecule has 1 heterocycles. The number of primary sulfonamides is 1. The van der Waals surface area contributed by atoms with Gasteiger partial charge >= 0.3 is 0 Å². The standard InChI is InChI=1S/C21H27N3O4S/c1-28-18-11-9-16(10-12-18)20-8-3-2-4-13-24(20)15-21(25)23-17-6-5-7-19(14-17)29(22,26)27/h5-7,9-12,14,20H,2-4,8,13,15H2,1H3,(H,23,25)(H2,22,26,27)/p+1/t20-/m1/s1. The van der Waals surface area contributed by atoms with E-state index < -0.39 is 10.0 Å². The van der Waals surface area contributed by atoms with Crippen molar-refractivity contribution in [2.75, 3.05) is 25.5 Å². The van der Waals surface area contributed by atoms with Crippen molar-refractivity contribution in [3.8, 4) is 5.75 Å². The first kappa shape index (κ1) is 21.3. The number of hydrogen-bond donors (Lipinski definition) is 3. The Labute approximate surface area is 171 Å². The topological polar surface area (TPSA) is 103 Å². The van der Waals surface area contributed by atoms with Crippen molar-refractivity contribution in [1.82, 2.24) is 0 Å². The molecule has 2 atom stereocenters. The van der Waals surface area contributed by atoms with Crippen LogP contribution < -0.4 is 20.1 Å². The van der Waals surface area contributed by atoms with Gasteiger partial charge in [0.1, 0.15) is 11.8 Å². The van der Waals surface area contributed by atoms with Gasteiger partial charge in [0.15, 0.2) is 6.54 Å². The first-order chi connectivity index (χ1) is 13.9. The molecule has 1 aliphatic rings. The number of nitrogens with one attached hydrogen (secondary N) is 2. The fraction of sp³-hybridized carbons (Fsp3) is 0.381. The van der Waals surface area contributed by atoms with E-state index in [0.717, 1.165) is 38.0 Å². The molecule has 156 valence electrons. The summed E-state index contributed by atoms with van der Waals surface area (Å²) in [7, 11) is -2.16. The average molecular weight is 419 g/mol. The summed E-state index contributed by atoms with van der Waals surface area (Å²) in [5.41, 5.74) is 1.63. The number of benzene rings is 2. The zero-order valence-corrected chi connectivity index (χ0v) is 17.4. The Morgan fingerprint density at radius 1 is 1.17 bits per heavy atom. The van der Waals surface area contributed by atoms with E-state index in [1.807, 2.05) is 12.1 Å². The maximum atomic E-state index is 12.7. The minimum Gasteiger partial charge on any atom is -0.497 e. The molecule has 1 amide bonds. The number of likely N-dealkylation sites (tertiary alicyclic amines) is 1. The summed E-state index contributed by atoms with van der Waals surface area (Å²) in [6.45, 7) is 1.23. The highest BCUT2D eigenvalue weighted by Gasteiger charge is 2.28. The molecule has 8 heteroatoms. The SMILES string of the molecule is COc1ccc([C@H]2CCCCC[NH+]2CC(=O)Nc2cccc(S(N)(=O)=O)c2)cc1. The fourth-order valence-electron chi connectivity index (χ4n) is 3.87. The van der Waals surface area contributed by atoms with Gasteiger partial charge < -0.3 is 15.0 Å². The third kappa shape index (κ3) is 5.79. The molecule has 0 saturated carbocycles. The first-order valence-electron chi connectivity index (χ1n) is 9.78. The maximum absolute atomic E-state index is 12.7. The highest BCUT2D eigenvalue weighted by molar-refractivity contribution is 7.89. The quantitative estimate of drug-likeness (QED) is 0.661. The Morgan fingerprint density at radius 3 is 2.62 bits per heavy atom. The Bertz CT molecular complexity index is 945. The van der Waals surface area contributed by atoms with Crippen molar-refractivity contribution >= 4 is 21.6 Å². The third-order valence-electron chi connectivity index (χ3n) is 5.34. The number of ether oxygens (including phenoxy) is 1. The van der Waals surface area contributed by atoms with Gasteiger partial charge in [0.2, 0.25) is 10.0 Å². The van der Waals surface area contributed by atoms with Gasteiger partial charge in [0.05, 0.1) is 18.6 Å². The molecule has 1 saturated heterocycles. The van der Waals surface area contributed by atoms with E-state index in [0.29, 0.717) is 12.2 Å². The van der Waals surface area contributed by atoms with Crippen LogP contribution in [0, 0.1) is 0 Å². The van der Waals surface area contributed by atoms with Crippen molar-refractivity contribution < 1.29 is 22.8 Å². The molecule has 0 bridgehead atoms. The van der Waals surface area contributed by atoms with E-state index >= 15 is 0 Å². The van der Waals surface area contributed by atoms with Crippen LogP contribution in [0.2, 0.25) is 0 Å². The molecule has 7 nitrogen and oxygen atoms in total. The Balaban J connectivity index is 1.72. The number of anilines is 1. The van der Waals surface area contributed by atoms with Crippen LogP contribution in [0.3, 0.4) is 0 Å². The van der Waals surface area contributed by atoms with Gasteiger partial charge in [-0.25, -0.2) is 13.6 Å². The van der Waals surface area contributed by atoms with Crippen LogP contribution in [-0.4, -0.2) is 34.5 Å². The molecule has 2 aromatic carbocycles. The second-order valence-electron chi connectivity index (χ2n) is 7.38. The summed E-state index contributed by atoms with van der Waals surface area (Å²) in [4.78, 5) is 13.9. The number of nitrogens with two attached hydrogens (primary N) is 1. The van der Waals surface area contributed by atoms with Crippen LogP contribution >= 0.6 is 0 Å². The van der Waals surface area contributed by atoms with Gasteiger partial charge in [-0.1, -0.05) is 6.07 Å². The number of quaternary nitrogens is 1. The Kier molecular flexibility index (Phi) is 6.89. The molecule has 29 heavy (non-hydrogen) atoms. The van der Waals surface area contributed by atoms with E-state index in [1.165, 1.54) is 22.6 Å². The molecule has 1 aliphatic heterocycles. The predicted molar refractivity (Wildman–Crippen MR) is 111 cm³/mol. The molecule has 4 N–H and O–H groups in total. The van der Waals surface area contributed by atoms with Crippen LogP contribution in [0.4, 0.5) is 5.69 Å². The van der Waals surface area contributed by atoms with Gasteiger partial charge in [-0.2, -0.15) is 0 Å². The van der Waals surface area contributed by atoms with Crippen LogP contribution in [-0.2, 0) is 14.8 Å². The van der Waals surface area contributed by atoms with Gasteiger partial charge in [-0.3, -0.25) is 4.79 Å². The Morgan fingerprint density at radius 2 is 1.93 bits per heavy atom. The van der Waals surface area contributed by atoms with Crippen molar-refractivity contribution in [1.29, 1.82) is 0 Å². The summed E-state index contributed by atoms with van der Waals surface area (Å²) < 4.78 is 28.3. The van der Waals surface area contributed by atoms with Gasteiger partial charge in [-0.15, -0.1) is 0 Å². The molecule has 0 radical (unpaired) electrons. The zero-order valence-electron chi connectivity index (χ0n) is 16.6. The lowest BCUT2D eigenvalue weighted by atomic mass is 10.0. The monoisotopic (exact) mass is 418 g/mol. The predicted octanol–water partition coefficient (Wildman–Crippen LogP) is 1.48. The third-order valence-corrected chi connectivity index (χ3v) is 6.25. The summed E-state index contributed by atoms with van der Waals surface area (Å²) in [5.74, 6) is 0.670. The number of carbonyl (C=O) groups is 1. The van der Waals surface area contributed by atoms with E-state index in [4.69, 9.17) is 9.88 Å². The number of rotatable bonds is 6. The van der Waals surface area contributed by atoms with Crippen LogP contribution in [0.15, 0.2) is 53.4 Å². The van der Waals surface area contributed by atoms with Crippen molar-refractivity contribution in [2.45, 2.75) is 36.6 Å². The van der Waals surface area contributed by atoms with E-state index in [-0.39, 0.29) is 16.8 Å². The minimum atomic E-state index is -3.81. The second-order valence-corrected chi connectivity index (χ2v) is 8.94. The van der Waals surface area contributed by atoms with Crippen LogP contribution in [0.1, 0.15) is 37.3 Å². The minimum absolute atomic E-state index is 0.0199. The largest absolute Gasteiger partial charge is 0.497 e. The Hall–Kier alpha value is -2.42. The highest BCUT2D eigenvalue weighted by atomic mass is 32.2. The number of hydrogen-bond acceptors (Lipinski definition) is 4. The average Bonchev–Trinajstić information content (AvgIpc) is 2.93. The van der Waals surface area contributed by atoms with Crippen LogP contribution in [0.5, 0.6) is 5.75 Å². The maximum Gasteiger partial charge on any atom is 0.279 e. The summed E-state index contributed by atoms with van der Waals surface area (Å²) in [6, 6.07) is 14.3. The molecule has 3 rings (SSSR count). The zero-order chi connectivity index (χ0) is 20.9. The number of carbonyl (C=O) groups excluding carboxylic acids is 1. The first-order valence-corrected chi connectivity index (χ1v) is 11.3. The van der Waals surface area contributed by atoms with Gasteiger partial charge in [0.25, 0.3) is 5.91 Å². The van der Waals surface area contributed by atoms with E-state index in [2.05, 4.69) is 17.4 Å². The summed E-state index contributed by atoms with van der Waals surface area (Å²) >= 11 is 0. The molecule has 0 spiro atoms. The molecular formula is C21H28N3O4S+. The molecule has 1 fully saturated rings. The summed E-state index contributed by atoms with van der Waals surface area (Å²) in [6.07, 6.45) is 4.40. The van der Waals surface area contributed by atoms with E-state index in [9.17, 15) is 13.2 Å². The summed E-state index contributed by atoms with van der Waals surface area (Å²) in [5, 5.41) is 7.99. The number of amides is 1. The second kappa shape index (κ2) is 9.39. The van der Waals surface area contributed by atoms with Crippen molar-refractivity contribution in [2.24, 2.45) is 5.14 Å². The normalized spacial score (nSPS) is 19.9. The molecular weight excluding hydrogens is 390 g/mol. The highest BCUT2D eigenvalue weighted by Crippen LogP contribution is 2.22. The lowest BCUT2D eigenvalue weighted by Gasteiger charge is -2.27. The lowest BCUT2D eigenvalue weighted by molar-refractivity contribution is -0.923. The lowest BCUT2D eigenvalue weighted by Crippen LogP contribution is -3.13. The van der Waals surface area contributed by atoms with Crippen molar-refractivity contribution in [3.63, 3.8) is 0 Å². The molecule has 0 aliphatic carbocycles.